The van der Waals surface area contributed by atoms with Crippen molar-refractivity contribution in [2.45, 2.75) is 33.3 Å². The zero-order valence-electron chi connectivity index (χ0n) is 13.6. The fraction of sp³-hybridized carbons (Fsp3) is 0.444. The van der Waals surface area contributed by atoms with E-state index in [-0.39, 0.29) is 18.3 Å². The zero-order valence-corrected chi connectivity index (χ0v) is 13.6. The van der Waals surface area contributed by atoms with Crippen LogP contribution in [0.3, 0.4) is 0 Å². The summed E-state index contributed by atoms with van der Waals surface area (Å²) in [6.45, 7) is 5.63. The number of hydrogen-bond acceptors (Lipinski definition) is 5. The molecule has 0 saturated heterocycles. The molecule has 2 aromatic rings. The first-order valence-electron chi connectivity index (χ1n) is 7.80. The van der Waals surface area contributed by atoms with Gasteiger partial charge >= 0.3 is 5.63 Å². The molecular formula is C18H22O5. The molecule has 1 heterocycles. The van der Waals surface area contributed by atoms with Crippen molar-refractivity contribution in [1.82, 2.24) is 0 Å². The van der Waals surface area contributed by atoms with E-state index in [1.165, 1.54) is 6.07 Å². The number of ketones is 1. The lowest BCUT2D eigenvalue weighted by atomic mass is 9.90. The average molecular weight is 318 g/mol. The standard InChI is InChI=1S/C18H22O5/c1-4-15(19)12(3)18(21)11(2)10-22-14-7-5-13-6-8-17(20)23-16(13)9-14/h5-9,11-12,18,21H,4,10H2,1-3H3/t11-,12-,18+/m0/s1. The molecule has 0 unspecified atom stereocenters. The van der Waals surface area contributed by atoms with E-state index in [1.54, 1.807) is 38.1 Å². The molecule has 2 rings (SSSR count). The van der Waals surface area contributed by atoms with Crippen molar-refractivity contribution in [2.75, 3.05) is 6.61 Å². The monoisotopic (exact) mass is 318 g/mol. The maximum absolute atomic E-state index is 11.7. The topological polar surface area (TPSA) is 76.7 Å². The number of fused-ring (bicyclic) bond motifs is 1. The van der Waals surface area contributed by atoms with E-state index in [9.17, 15) is 14.7 Å². The number of benzene rings is 1. The highest BCUT2D eigenvalue weighted by atomic mass is 16.5. The van der Waals surface area contributed by atoms with Crippen LogP contribution in [0.4, 0.5) is 0 Å². The summed E-state index contributed by atoms with van der Waals surface area (Å²) in [6.07, 6.45) is -0.337. The lowest BCUT2D eigenvalue weighted by Gasteiger charge is -2.23. The number of carbonyl (C=O) groups excluding carboxylic acids is 1. The van der Waals surface area contributed by atoms with E-state index >= 15 is 0 Å². The Labute approximate surface area is 134 Å². The Kier molecular flexibility index (Phi) is 5.55. The van der Waals surface area contributed by atoms with Crippen LogP contribution in [-0.4, -0.2) is 23.6 Å². The van der Waals surface area contributed by atoms with Gasteiger partial charge in [-0.15, -0.1) is 0 Å². The minimum atomic E-state index is -0.749. The van der Waals surface area contributed by atoms with Crippen LogP contribution in [-0.2, 0) is 4.79 Å². The predicted octanol–water partition coefficient (Wildman–Crippen LogP) is 2.78. The molecule has 0 saturated carbocycles. The third kappa shape index (κ3) is 4.20. The normalized spacial score (nSPS) is 15.1. The predicted molar refractivity (Wildman–Crippen MR) is 87.6 cm³/mol. The molecule has 5 nitrogen and oxygen atoms in total. The summed E-state index contributed by atoms with van der Waals surface area (Å²) >= 11 is 0. The maximum atomic E-state index is 11.7. The Bertz CT molecular complexity index is 734. The third-order valence-electron chi connectivity index (χ3n) is 4.06. The van der Waals surface area contributed by atoms with Crippen LogP contribution in [0.2, 0.25) is 0 Å². The lowest BCUT2D eigenvalue weighted by molar-refractivity contribution is -0.126. The smallest absolute Gasteiger partial charge is 0.336 e. The molecule has 23 heavy (non-hydrogen) atoms. The second-order valence-electron chi connectivity index (χ2n) is 5.84. The fourth-order valence-electron chi connectivity index (χ4n) is 2.46. The number of hydrogen-bond donors (Lipinski definition) is 1. The molecule has 0 aliphatic carbocycles. The summed E-state index contributed by atoms with van der Waals surface area (Å²) in [5, 5.41) is 11.0. The van der Waals surface area contributed by atoms with Crippen LogP contribution >= 0.6 is 0 Å². The van der Waals surface area contributed by atoms with Crippen molar-refractivity contribution < 1.29 is 19.1 Å². The van der Waals surface area contributed by atoms with Gasteiger partial charge in [-0.05, 0) is 18.2 Å². The highest BCUT2D eigenvalue weighted by molar-refractivity contribution is 5.80. The van der Waals surface area contributed by atoms with Gasteiger partial charge < -0.3 is 14.3 Å². The zero-order chi connectivity index (χ0) is 17.0. The van der Waals surface area contributed by atoms with Gasteiger partial charge in [0.05, 0.1) is 12.7 Å². The molecule has 0 aliphatic rings. The van der Waals surface area contributed by atoms with Crippen LogP contribution in [0.5, 0.6) is 5.75 Å². The molecule has 0 fully saturated rings. The van der Waals surface area contributed by atoms with Gasteiger partial charge in [0.2, 0.25) is 0 Å². The van der Waals surface area contributed by atoms with Gasteiger partial charge in [-0.25, -0.2) is 4.79 Å². The van der Waals surface area contributed by atoms with Crippen molar-refractivity contribution >= 4 is 16.8 Å². The van der Waals surface area contributed by atoms with E-state index in [2.05, 4.69) is 0 Å². The molecule has 0 aliphatic heterocycles. The SMILES string of the molecule is CCC(=O)[C@H](C)[C@H](O)[C@@H](C)COc1ccc2ccc(=O)oc2c1. The van der Waals surface area contributed by atoms with Gasteiger partial charge in [0.25, 0.3) is 0 Å². The average Bonchev–Trinajstić information content (AvgIpc) is 2.57. The van der Waals surface area contributed by atoms with Gasteiger partial charge in [-0.2, -0.15) is 0 Å². The van der Waals surface area contributed by atoms with Crippen molar-refractivity contribution in [1.29, 1.82) is 0 Å². The number of aliphatic hydroxyl groups excluding tert-OH is 1. The van der Waals surface area contributed by atoms with Crippen molar-refractivity contribution in [3.05, 3.63) is 40.8 Å². The summed E-state index contributed by atoms with van der Waals surface area (Å²) in [4.78, 5) is 22.9. The van der Waals surface area contributed by atoms with Crippen molar-refractivity contribution in [2.24, 2.45) is 11.8 Å². The van der Waals surface area contributed by atoms with Gasteiger partial charge in [0.1, 0.15) is 17.1 Å². The third-order valence-corrected chi connectivity index (χ3v) is 4.06. The Morgan fingerprint density at radius 1 is 1.26 bits per heavy atom. The molecule has 0 radical (unpaired) electrons. The van der Waals surface area contributed by atoms with Crippen LogP contribution in [0.15, 0.2) is 39.5 Å². The quantitative estimate of drug-likeness (QED) is 0.794. The summed E-state index contributed by atoms with van der Waals surface area (Å²) < 4.78 is 10.8. The first kappa shape index (κ1) is 17.2. The number of Topliss-reactive ketones (excluding diaryl/α,β-unsaturated/α-hetero) is 1. The van der Waals surface area contributed by atoms with E-state index in [0.29, 0.717) is 17.8 Å². The molecule has 1 aromatic carbocycles. The van der Waals surface area contributed by atoms with E-state index in [4.69, 9.17) is 9.15 Å². The van der Waals surface area contributed by atoms with Gasteiger partial charge in [0.15, 0.2) is 0 Å². The van der Waals surface area contributed by atoms with Crippen LogP contribution < -0.4 is 10.4 Å². The van der Waals surface area contributed by atoms with E-state index in [0.717, 1.165) is 5.39 Å². The number of ether oxygens (including phenoxy) is 1. The highest BCUT2D eigenvalue weighted by Crippen LogP contribution is 2.21. The van der Waals surface area contributed by atoms with Crippen molar-refractivity contribution in [3.8, 4) is 5.75 Å². The molecule has 5 heteroatoms. The summed E-state index contributed by atoms with van der Waals surface area (Å²) in [5.41, 5.74) is 0.0445. The maximum Gasteiger partial charge on any atom is 0.336 e. The Hall–Kier alpha value is -2.14. The van der Waals surface area contributed by atoms with Gasteiger partial charge in [-0.1, -0.05) is 20.8 Å². The van der Waals surface area contributed by atoms with Crippen LogP contribution in [0, 0.1) is 11.8 Å². The van der Waals surface area contributed by atoms with Gasteiger partial charge in [0, 0.05) is 35.8 Å². The Morgan fingerprint density at radius 3 is 2.65 bits per heavy atom. The molecule has 0 bridgehead atoms. The number of carbonyl (C=O) groups is 1. The summed E-state index contributed by atoms with van der Waals surface area (Å²) in [5.74, 6) is -0.00981. The summed E-state index contributed by atoms with van der Waals surface area (Å²) in [7, 11) is 0. The van der Waals surface area contributed by atoms with E-state index in [1.807, 2.05) is 6.92 Å². The first-order valence-corrected chi connectivity index (χ1v) is 7.80. The largest absolute Gasteiger partial charge is 0.493 e. The number of aliphatic hydroxyl groups is 1. The second-order valence-corrected chi connectivity index (χ2v) is 5.84. The highest BCUT2D eigenvalue weighted by Gasteiger charge is 2.26. The minimum absolute atomic E-state index is 0.0387. The Balaban J connectivity index is 2.02. The van der Waals surface area contributed by atoms with Gasteiger partial charge in [-0.3, -0.25) is 4.79 Å². The molecule has 0 spiro atoms. The molecule has 1 aromatic heterocycles. The second kappa shape index (κ2) is 7.42. The molecule has 1 N–H and O–H groups in total. The summed E-state index contributed by atoms with van der Waals surface area (Å²) in [6, 6.07) is 8.29. The minimum Gasteiger partial charge on any atom is -0.493 e. The Morgan fingerprint density at radius 2 is 1.96 bits per heavy atom. The fourth-order valence-corrected chi connectivity index (χ4v) is 2.46. The molecular weight excluding hydrogens is 296 g/mol. The molecule has 3 atom stereocenters. The van der Waals surface area contributed by atoms with Crippen LogP contribution in [0.1, 0.15) is 27.2 Å². The van der Waals surface area contributed by atoms with Crippen molar-refractivity contribution in [3.63, 3.8) is 0 Å². The molecule has 124 valence electrons. The van der Waals surface area contributed by atoms with Crippen LogP contribution in [0.25, 0.3) is 11.0 Å². The molecule has 0 amide bonds. The first-order chi connectivity index (χ1) is 10.9. The lowest BCUT2D eigenvalue weighted by Crippen LogP contribution is -2.34. The number of rotatable bonds is 7. The van der Waals surface area contributed by atoms with E-state index < -0.39 is 17.6 Å².